The zero-order valence-corrected chi connectivity index (χ0v) is 16.0. The van der Waals surface area contributed by atoms with Gasteiger partial charge >= 0.3 is 6.09 Å². The molecule has 146 valence electrons. The highest BCUT2D eigenvalue weighted by molar-refractivity contribution is 5.78. The fourth-order valence-electron chi connectivity index (χ4n) is 2.82. The van der Waals surface area contributed by atoms with Gasteiger partial charge in [-0.15, -0.1) is 0 Å². The maximum atomic E-state index is 14.2. The first-order valence-corrected chi connectivity index (χ1v) is 8.99. The summed E-state index contributed by atoms with van der Waals surface area (Å²) in [6.45, 7) is 5.50. The van der Waals surface area contributed by atoms with Crippen molar-refractivity contribution in [1.29, 1.82) is 0 Å². The average molecular weight is 383 g/mol. The minimum absolute atomic E-state index is 0.0203. The smallest absolute Gasteiger partial charge is 0.407 e. The summed E-state index contributed by atoms with van der Waals surface area (Å²) in [4.78, 5) is 29.3. The van der Waals surface area contributed by atoms with Gasteiger partial charge in [-0.2, -0.15) is 0 Å². The Kier molecular flexibility index (Phi) is 5.44. The van der Waals surface area contributed by atoms with Crippen LogP contribution in [-0.4, -0.2) is 27.8 Å². The molecule has 0 saturated heterocycles. The SMILES string of the molecule is CC(C)(C)OC(=O)NCCc1nc2c(F)cccc2c(=O)n1-c1ccccc1. The van der Waals surface area contributed by atoms with Gasteiger partial charge in [0.1, 0.15) is 22.8 Å². The Morgan fingerprint density at radius 1 is 1.14 bits per heavy atom. The Morgan fingerprint density at radius 3 is 2.54 bits per heavy atom. The summed E-state index contributed by atoms with van der Waals surface area (Å²) < 4.78 is 20.9. The predicted octanol–water partition coefficient (Wildman–Crippen LogP) is 3.59. The summed E-state index contributed by atoms with van der Waals surface area (Å²) in [5.41, 5.74) is -0.325. The van der Waals surface area contributed by atoms with Crippen LogP contribution in [0.5, 0.6) is 0 Å². The highest BCUT2D eigenvalue weighted by atomic mass is 19.1. The molecule has 3 rings (SSSR count). The van der Waals surface area contributed by atoms with Crippen molar-refractivity contribution >= 4 is 17.0 Å². The van der Waals surface area contributed by atoms with E-state index in [1.807, 2.05) is 6.07 Å². The number of ether oxygens (including phenoxy) is 1. The Bertz CT molecular complexity index is 1060. The fourth-order valence-corrected chi connectivity index (χ4v) is 2.82. The van der Waals surface area contributed by atoms with Crippen LogP contribution in [0.25, 0.3) is 16.6 Å². The predicted molar refractivity (Wildman–Crippen MR) is 105 cm³/mol. The third-order valence-electron chi connectivity index (χ3n) is 3.95. The number of fused-ring (bicyclic) bond motifs is 1. The number of rotatable bonds is 4. The maximum absolute atomic E-state index is 14.2. The molecule has 1 amide bonds. The van der Waals surface area contributed by atoms with Crippen LogP contribution in [0, 0.1) is 5.82 Å². The largest absolute Gasteiger partial charge is 0.444 e. The first-order chi connectivity index (χ1) is 13.3. The van der Waals surface area contributed by atoms with Gasteiger partial charge in [-0.25, -0.2) is 14.2 Å². The van der Waals surface area contributed by atoms with Gasteiger partial charge in [0.15, 0.2) is 0 Å². The summed E-state index contributed by atoms with van der Waals surface area (Å²) in [6.07, 6.45) is -0.332. The standard InChI is InChI=1S/C21H22FN3O3/c1-21(2,3)28-20(27)23-13-12-17-24-18-15(10-7-11-16(18)22)19(26)25(17)14-8-5-4-6-9-14/h4-11H,12-13H2,1-3H3,(H,23,27). The molecular weight excluding hydrogens is 361 g/mol. The van der Waals surface area contributed by atoms with Gasteiger partial charge in [-0.3, -0.25) is 9.36 Å². The summed E-state index contributed by atoms with van der Waals surface area (Å²) in [5, 5.41) is 2.84. The van der Waals surface area contributed by atoms with Gasteiger partial charge in [0.2, 0.25) is 0 Å². The van der Waals surface area contributed by atoms with E-state index >= 15 is 0 Å². The molecule has 0 aliphatic heterocycles. The average Bonchev–Trinajstić information content (AvgIpc) is 2.62. The first-order valence-electron chi connectivity index (χ1n) is 8.99. The number of hydrogen-bond donors (Lipinski definition) is 1. The van der Waals surface area contributed by atoms with Crippen molar-refractivity contribution in [2.75, 3.05) is 6.54 Å². The van der Waals surface area contributed by atoms with Crippen molar-refractivity contribution in [1.82, 2.24) is 14.9 Å². The lowest BCUT2D eigenvalue weighted by Crippen LogP contribution is -2.34. The summed E-state index contributed by atoms with van der Waals surface area (Å²) in [7, 11) is 0. The fraction of sp³-hybridized carbons (Fsp3) is 0.286. The van der Waals surface area contributed by atoms with Crippen LogP contribution >= 0.6 is 0 Å². The minimum Gasteiger partial charge on any atom is -0.444 e. The molecule has 28 heavy (non-hydrogen) atoms. The zero-order chi connectivity index (χ0) is 20.3. The molecule has 1 heterocycles. The summed E-state index contributed by atoms with van der Waals surface area (Å²) in [5.74, 6) is -0.207. The molecule has 0 fully saturated rings. The van der Waals surface area contributed by atoms with Crippen molar-refractivity contribution in [3.63, 3.8) is 0 Å². The third kappa shape index (κ3) is 4.36. The van der Waals surface area contributed by atoms with Crippen LogP contribution in [0.4, 0.5) is 9.18 Å². The lowest BCUT2D eigenvalue weighted by atomic mass is 10.2. The monoisotopic (exact) mass is 383 g/mol. The molecule has 0 radical (unpaired) electrons. The molecule has 7 heteroatoms. The van der Waals surface area contributed by atoms with E-state index in [1.165, 1.54) is 16.7 Å². The number of carbonyl (C=O) groups excluding carboxylic acids is 1. The van der Waals surface area contributed by atoms with E-state index in [0.717, 1.165) is 0 Å². The second-order valence-corrected chi connectivity index (χ2v) is 7.32. The quantitative estimate of drug-likeness (QED) is 0.747. The number of hydrogen-bond acceptors (Lipinski definition) is 4. The Morgan fingerprint density at radius 2 is 1.86 bits per heavy atom. The van der Waals surface area contributed by atoms with Crippen LogP contribution in [0.3, 0.4) is 0 Å². The number of nitrogens with one attached hydrogen (secondary N) is 1. The van der Waals surface area contributed by atoms with Crippen molar-refractivity contribution in [3.8, 4) is 5.69 Å². The highest BCUT2D eigenvalue weighted by Crippen LogP contribution is 2.16. The van der Waals surface area contributed by atoms with Crippen molar-refractivity contribution in [2.45, 2.75) is 32.8 Å². The van der Waals surface area contributed by atoms with E-state index in [2.05, 4.69) is 10.3 Å². The van der Waals surface area contributed by atoms with Crippen molar-refractivity contribution < 1.29 is 13.9 Å². The molecular formula is C21H22FN3O3. The maximum Gasteiger partial charge on any atom is 0.407 e. The molecule has 0 spiro atoms. The summed E-state index contributed by atoms with van der Waals surface area (Å²) >= 11 is 0. The molecule has 0 aliphatic carbocycles. The first kappa shape index (κ1) is 19.5. The number of halogens is 1. The van der Waals surface area contributed by atoms with Gasteiger partial charge in [0.25, 0.3) is 5.56 Å². The molecule has 1 aromatic heterocycles. The number of benzene rings is 2. The number of nitrogens with zero attached hydrogens (tertiary/aromatic N) is 2. The molecule has 0 unspecified atom stereocenters. The van der Waals surface area contributed by atoms with Crippen molar-refractivity contribution in [3.05, 3.63) is 70.5 Å². The lowest BCUT2D eigenvalue weighted by Gasteiger charge is -2.20. The Balaban J connectivity index is 1.97. The van der Waals surface area contributed by atoms with E-state index in [1.54, 1.807) is 51.1 Å². The molecule has 0 aliphatic rings. The van der Waals surface area contributed by atoms with E-state index < -0.39 is 17.5 Å². The molecule has 2 aromatic carbocycles. The van der Waals surface area contributed by atoms with Gasteiger partial charge < -0.3 is 10.1 Å². The molecule has 0 bridgehead atoms. The number of carbonyl (C=O) groups is 1. The van der Waals surface area contributed by atoms with E-state index in [-0.39, 0.29) is 29.4 Å². The van der Waals surface area contributed by atoms with Crippen LogP contribution in [0.15, 0.2) is 53.3 Å². The minimum atomic E-state index is -0.611. The lowest BCUT2D eigenvalue weighted by molar-refractivity contribution is 0.0528. The van der Waals surface area contributed by atoms with Gasteiger partial charge in [0.05, 0.1) is 11.1 Å². The van der Waals surface area contributed by atoms with Crippen LogP contribution in [0.2, 0.25) is 0 Å². The molecule has 3 aromatic rings. The van der Waals surface area contributed by atoms with Crippen LogP contribution in [0.1, 0.15) is 26.6 Å². The van der Waals surface area contributed by atoms with E-state index in [0.29, 0.717) is 11.5 Å². The van der Waals surface area contributed by atoms with Gasteiger partial charge in [0, 0.05) is 13.0 Å². The zero-order valence-electron chi connectivity index (χ0n) is 16.0. The normalized spacial score (nSPS) is 11.4. The van der Waals surface area contributed by atoms with Crippen molar-refractivity contribution in [2.24, 2.45) is 0 Å². The number of amides is 1. The van der Waals surface area contributed by atoms with Gasteiger partial charge in [-0.05, 0) is 45.0 Å². The van der Waals surface area contributed by atoms with Crippen LogP contribution < -0.4 is 10.9 Å². The summed E-state index contributed by atoms with van der Waals surface area (Å²) in [6, 6.07) is 13.3. The van der Waals surface area contributed by atoms with E-state index in [4.69, 9.17) is 4.74 Å². The molecule has 0 atom stereocenters. The number of aromatic nitrogens is 2. The highest BCUT2D eigenvalue weighted by Gasteiger charge is 2.17. The second-order valence-electron chi connectivity index (χ2n) is 7.32. The number of para-hydroxylation sites is 2. The molecule has 0 saturated carbocycles. The Labute approximate surface area is 162 Å². The Hall–Kier alpha value is -3.22. The third-order valence-corrected chi connectivity index (χ3v) is 3.95. The van der Waals surface area contributed by atoms with E-state index in [9.17, 15) is 14.0 Å². The second kappa shape index (κ2) is 7.80. The number of alkyl carbamates (subject to hydrolysis) is 1. The molecule has 1 N–H and O–H groups in total. The topological polar surface area (TPSA) is 73.2 Å². The molecule has 6 nitrogen and oxygen atoms in total. The van der Waals surface area contributed by atoms with Gasteiger partial charge in [-0.1, -0.05) is 24.3 Å². The van der Waals surface area contributed by atoms with Crippen LogP contribution in [-0.2, 0) is 11.2 Å².